The smallest absolute Gasteiger partial charge is 0.342 e. The second-order valence-electron chi connectivity index (χ2n) is 4.21. The van der Waals surface area contributed by atoms with E-state index < -0.39 is 5.97 Å². The zero-order valence-corrected chi connectivity index (χ0v) is 10.1. The lowest BCUT2D eigenvalue weighted by Crippen LogP contribution is -2.26. The van der Waals surface area contributed by atoms with Crippen LogP contribution in [0, 0.1) is 10.6 Å². The second kappa shape index (κ2) is 4.52. The van der Waals surface area contributed by atoms with Gasteiger partial charge in [-0.3, -0.25) is 5.41 Å². The first-order chi connectivity index (χ1) is 8.50. The van der Waals surface area contributed by atoms with Crippen molar-refractivity contribution in [1.29, 1.82) is 5.41 Å². The molecule has 0 aliphatic rings. The van der Waals surface area contributed by atoms with Gasteiger partial charge in [0.1, 0.15) is 11.1 Å². The Morgan fingerprint density at radius 3 is 2.72 bits per heavy atom. The van der Waals surface area contributed by atoms with E-state index in [4.69, 9.17) is 10.1 Å². The van der Waals surface area contributed by atoms with Crippen LogP contribution in [0.4, 0.5) is 0 Å². The van der Waals surface area contributed by atoms with Gasteiger partial charge in [0.05, 0.1) is 6.10 Å². The zero-order chi connectivity index (χ0) is 13.3. The number of hydrogen-bond acceptors (Lipinski definition) is 4. The maximum Gasteiger partial charge on any atom is 0.342 e. The van der Waals surface area contributed by atoms with E-state index in [9.17, 15) is 10.0 Å². The Morgan fingerprint density at radius 2 is 2.06 bits per heavy atom. The van der Waals surface area contributed by atoms with Crippen molar-refractivity contribution in [2.45, 2.75) is 20.0 Å². The molecule has 0 unspecified atom stereocenters. The lowest BCUT2D eigenvalue weighted by Gasteiger charge is -2.17. The Morgan fingerprint density at radius 1 is 1.39 bits per heavy atom. The van der Waals surface area contributed by atoms with E-state index in [0.29, 0.717) is 15.6 Å². The van der Waals surface area contributed by atoms with Crippen molar-refractivity contribution in [3.8, 4) is 0 Å². The predicted octanol–water partition coefficient (Wildman–Crippen LogP) is 2.03. The van der Waals surface area contributed by atoms with Gasteiger partial charge in [-0.1, -0.05) is 18.2 Å². The third-order valence-electron chi connectivity index (χ3n) is 2.48. The summed E-state index contributed by atoms with van der Waals surface area (Å²) in [7, 11) is 0. The zero-order valence-electron chi connectivity index (χ0n) is 10.1. The van der Waals surface area contributed by atoms with Gasteiger partial charge in [-0.15, -0.1) is 0 Å². The van der Waals surface area contributed by atoms with Crippen LogP contribution in [0.15, 0.2) is 30.3 Å². The average molecular weight is 245 g/mol. The van der Waals surface area contributed by atoms with Crippen molar-refractivity contribution >= 4 is 16.9 Å². The van der Waals surface area contributed by atoms with Crippen molar-refractivity contribution in [3.05, 3.63) is 46.6 Å². The van der Waals surface area contributed by atoms with Gasteiger partial charge in [0.25, 0.3) is 0 Å². The molecule has 18 heavy (non-hydrogen) atoms. The summed E-state index contributed by atoms with van der Waals surface area (Å²) in [4.78, 5) is 11.8. The molecule has 1 aromatic carbocycles. The van der Waals surface area contributed by atoms with E-state index in [1.54, 1.807) is 38.1 Å². The van der Waals surface area contributed by atoms with E-state index in [-0.39, 0.29) is 17.2 Å². The van der Waals surface area contributed by atoms with Crippen LogP contribution in [0.25, 0.3) is 10.9 Å². The number of ether oxygens (including phenoxy) is 1. The first kappa shape index (κ1) is 12.2. The fraction of sp³-hybridized carbons (Fsp3) is 0.231. The van der Waals surface area contributed by atoms with Crippen LogP contribution < -0.4 is 5.49 Å². The number of hydrogen-bond donors (Lipinski definition) is 1. The highest BCUT2D eigenvalue weighted by atomic mass is 16.5. The molecule has 1 heterocycles. The lowest BCUT2D eigenvalue weighted by atomic mass is 10.1. The van der Waals surface area contributed by atoms with Gasteiger partial charge in [0.2, 0.25) is 0 Å². The number of benzene rings is 1. The lowest BCUT2D eigenvalue weighted by molar-refractivity contribution is 0.0375. The predicted molar refractivity (Wildman–Crippen MR) is 67.1 cm³/mol. The summed E-state index contributed by atoms with van der Waals surface area (Å²) < 4.78 is 5.45. The molecule has 2 rings (SSSR count). The van der Waals surface area contributed by atoms with Crippen LogP contribution >= 0.6 is 0 Å². The minimum atomic E-state index is -0.648. The molecule has 0 saturated heterocycles. The van der Waals surface area contributed by atoms with Crippen molar-refractivity contribution in [2.75, 3.05) is 0 Å². The van der Waals surface area contributed by atoms with Crippen LogP contribution in [0.5, 0.6) is 0 Å². The van der Waals surface area contributed by atoms with Crippen LogP contribution in [0.1, 0.15) is 24.2 Å². The molecule has 0 fully saturated rings. The first-order valence-electron chi connectivity index (χ1n) is 5.58. The number of carbonyl (C=O) groups excluding carboxylic acids is 1. The number of pyridine rings is 1. The van der Waals surface area contributed by atoms with E-state index in [2.05, 4.69) is 0 Å². The summed E-state index contributed by atoms with van der Waals surface area (Å²) in [5.74, 6) is -0.648. The van der Waals surface area contributed by atoms with E-state index in [0.717, 1.165) is 0 Å². The number of aromatic nitrogens is 1. The summed E-state index contributed by atoms with van der Waals surface area (Å²) >= 11 is 0. The minimum Gasteiger partial charge on any atom is -0.804 e. The molecule has 2 aromatic rings. The molecule has 0 saturated carbocycles. The van der Waals surface area contributed by atoms with Gasteiger partial charge in [-0.25, -0.2) is 4.79 Å². The van der Waals surface area contributed by atoms with Crippen LogP contribution in [0.3, 0.4) is 0 Å². The third-order valence-corrected chi connectivity index (χ3v) is 2.48. The summed E-state index contributed by atoms with van der Waals surface area (Å²) in [5, 5.41) is 20.2. The third kappa shape index (κ3) is 2.07. The molecule has 0 amide bonds. The number of rotatable bonds is 2. The number of fused-ring (bicyclic) bond motifs is 1. The highest BCUT2D eigenvalue weighted by Crippen LogP contribution is 2.13. The Balaban J connectivity index is 2.62. The molecule has 1 N–H and O–H groups in total. The number of carbonyl (C=O) groups is 1. The maximum atomic E-state index is 11.9. The topological polar surface area (TPSA) is 78.1 Å². The highest BCUT2D eigenvalue weighted by Gasteiger charge is 2.13. The summed E-state index contributed by atoms with van der Waals surface area (Å²) in [5.41, 5.74) is -0.0413. The van der Waals surface area contributed by atoms with Gasteiger partial charge < -0.3 is 14.7 Å². The normalized spacial score (nSPS) is 10.8. The second-order valence-corrected chi connectivity index (χ2v) is 4.21. The monoisotopic (exact) mass is 245 g/mol. The van der Waals surface area contributed by atoms with Crippen molar-refractivity contribution in [1.82, 2.24) is 4.73 Å². The maximum absolute atomic E-state index is 11.9. The minimum absolute atomic E-state index is 0.0163. The van der Waals surface area contributed by atoms with E-state index in [1.165, 1.54) is 6.07 Å². The molecule has 94 valence electrons. The fourth-order valence-corrected chi connectivity index (χ4v) is 1.68. The van der Waals surface area contributed by atoms with Crippen LogP contribution in [0.2, 0.25) is 0 Å². The summed E-state index contributed by atoms with van der Waals surface area (Å²) in [6, 6.07) is 8.32. The molecular formula is C13H13N2O3-. The van der Waals surface area contributed by atoms with Crippen molar-refractivity contribution in [3.63, 3.8) is 0 Å². The largest absolute Gasteiger partial charge is 0.804 e. The molecule has 0 bridgehead atoms. The van der Waals surface area contributed by atoms with Crippen molar-refractivity contribution < 1.29 is 9.53 Å². The van der Waals surface area contributed by atoms with E-state index in [1.807, 2.05) is 0 Å². The number of esters is 1. The molecule has 0 spiro atoms. The molecule has 0 atom stereocenters. The number of nitrogens with one attached hydrogen (secondary N) is 1. The molecule has 5 nitrogen and oxygen atoms in total. The number of nitrogens with zero attached hydrogens (tertiary/aromatic N) is 1. The Bertz CT molecular complexity index is 659. The van der Waals surface area contributed by atoms with Crippen molar-refractivity contribution in [2.24, 2.45) is 0 Å². The fourth-order valence-electron chi connectivity index (χ4n) is 1.68. The van der Waals surface area contributed by atoms with Gasteiger partial charge in [0.15, 0.2) is 0 Å². The van der Waals surface area contributed by atoms with Crippen LogP contribution in [-0.4, -0.2) is 16.8 Å². The van der Waals surface area contributed by atoms with Gasteiger partial charge in [0, 0.05) is 5.52 Å². The SMILES string of the molecule is CC(C)OC(=O)c1cc2ccccc2n([O-])c1=N. The number of para-hydroxylation sites is 1. The quantitative estimate of drug-likeness (QED) is 0.822. The summed E-state index contributed by atoms with van der Waals surface area (Å²) in [6.07, 6.45) is -0.288. The Labute approximate surface area is 104 Å². The highest BCUT2D eigenvalue weighted by molar-refractivity contribution is 5.93. The Kier molecular flexibility index (Phi) is 3.06. The molecule has 0 aliphatic carbocycles. The average Bonchev–Trinajstić information content (AvgIpc) is 2.33. The summed E-state index contributed by atoms with van der Waals surface area (Å²) in [6.45, 7) is 3.43. The molecule has 0 radical (unpaired) electrons. The van der Waals surface area contributed by atoms with Gasteiger partial charge in [-0.05, 0) is 31.4 Å². The van der Waals surface area contributed by atoms with Gasteiger partial charge >= 0.3 is 5.97 Å². The Hall–Kier alpha value is -2.30. The standard InChI is InChI=1S/C13H13N2O3/c1-8(2)18-13(16)10-7-9-5-3-4-6-11(9)15(17)12(10)14/h3-8,14H,1-2H3/q-1. The van der Waals surface area contributed by atoms with E-state index >= 15 is 0 Å². The van der Waals surface area contributed by atoms with Crippen LogP contribution in [-0.2, 0) is 4.74 Å². The molecular weight excluding hydrogens is 232 g/mol. The molecule has 5 heteroatoms. The first-order valence-corrected chi connectivity index (χ1v) is 5.58. The molecule has 1 aromatic heterocycles. The molecule has 0 aliphatic heterocycles. The van der Waals surface area contributed by atoms with Gasteiger partial charge in [-0.2, -0.15) is 0 Å².